The van der Waals surface area contributed by atoms with Crippen molar-refractivity contribution in [3.63, 3.8) is 0 Å². The highest BCUT2D eigenvalue weighted by Crippen LogP contribution is 2.24. The zero-order valence-electron chi connectivity index (χ0n) is 11.6. The second-order valence-electron chi connectivity index (χ2n) is 4.38. The standard InChI is InChI=1S/C15H13ClN4O/c1-9-5-13(18-2)11(8-19-9)15(21)20-14-6-10(7-17)3-4-12(14)16/h3-6,8H,1-2H3,(H,18,19)(H,20,21). The summed E-state index contributed by atoms with van der Waals surface area (Å²) in [7, 11) is 1.73. The molecule has 106 valence electrons. The largest absolute Gasteiger partial charge is 0.387 e. The van der Waals surface area contributed by atoms with Crippen LogP contribution in [0.25, 0.3) is 0 Å². The molecule has 0 aliphatic heterocycles. The fourth-order valence-corrected chi connectivity index (χ4v) is 1.99. The van der Waals surface area contributed by atoms with Crippen LogP contribution in [0.1, 0.15) is 21.6 Å². The predicted molar refractivity (Wildman–Crippen MR) is 82.6 cm³/mol. The number of rotatable bonds is 3. The first-order chi connectivity index (χ1) is 10.0. The van der Waals surface area contributed by atoms with E-state index >= 15 is 0 Å². The average molecular weight is 301 g/mol. The summed E-state index contributed by atoms with van der Waals surface area (Å²) >= 11 is 6.03. The maximum absolute atomic E-state index is 12.3. The van der Waals surface area contributed by atoms with Gasteiger partial charge in [-0.25, -0.2) is 0 Å². The quantitative estimate of drug-likeness (QED) is 0.912. The Kier molecular flexibility index (Phi) is 4.41. The van der Waals surface area contributed by atoms with Crippen LogP contribution in [0.3, 0.4) is 0 Å². The Hall–Kier alpha value is -2.58. The molecule has 1 aromatic heterocycles. The Morgan fingerprint density at radius 1 is 1.33 bits per heavy atom. The van der Waals surface area contributed by atoms with Gasteiger partial charge in [-0.15, -0.1) is 0 Å². The van der Waals surface area contributed by atoms with Crippen molar-refractivity contribution in [3.8, 4) is 6.07 Å². The molecule has 5 nitrogen and oxygen atoms in total. The molecule has 0 spiro atoms. The van der Waals surface area contributed by atoms with Crippen molar-refractivity contribution in [2.45, 2.75) is 6.92 Å². The van der Waals surface area contributed by atoms with E-state index in [-0.39, 0.29) is 5.91 Å². The van der Waals surface area contributed by atoms with Gasteiger partial charge >= 0.3 is 0 Å². The third-order valence-corrected chi connectivity index (χ3v) is 3.23. The number of pyridine rings is 1. The number of carbonyl (C=O) groups excluding carboxylic acids is 1. The Balaban J connectivity index is 2.32. The van der Waals surface area contributed by atoms with Gasteiger partial charge in [-0.3, -0.25) is 9.78 Å². The maximum atomic E-state index is 12.3. The normalized spacial score (nSPS) is 9.81. The van der Waals surface area contributed by atoms with Crippen molar-refractivity contribution in [1.29, 1.82) is 5.26 Å². The van der Waals surface area contributed by atoms with Crippen LogP contribution in [0.4, 0.5) is 11.4 Å². The molecule has 0 saturated heterocycles. The lowest BCUT2D eigenvalue weighted by atomic mass is 10.1. The Morgan fingerprint density at radius 3 is 2.76 bits per heavy atom. The predicted octanol–water partition coefficient (Wildman–Crippen LogP) is 3.21. The smallest absolute Gasteiger partial charge is 0.259 e. The Morgan fingerprint density at radius 2 is 2.10 bits per heavy atom. The monoisotopic (exact) mass is 300 g/mol. The van der Waals surface area contributed by atoms with Gasteiger partial charge in [-0.1, -0.05) is 11.6 Å². The summed E-state index contributed by atoms with van der Waals surface area (Å²) in [6.07, 6.45) is 1.50. The van der Waals surface area contributed by atoms with Crippen molar-refractivity contribution in [3.05, 3.63) is 52.3 Å². The number of nitrogens with one attached hydrogen (secondary N) is 2. The summed E-state index contributed by atoms with van der Waals surface area (Å²) in [4.78, 5) is 16.4. The topological polar surface area (TPSA) is 77.8 Å². The van der Waals surface area contributed by atoms with Crippen molar-refractivity contribution >= 4 is 28.9 Å². The molecule has 0 fully saturated rings. The molecule has 1 amide bonds. The summed E-state index contributed by atoms with van der Waals surface area (Å²) in [5.74, 6) is -0.344. The molecule has 1 aromatic carbocycles. The number of benzene rings is 1. The average Bonchev–Trinajstić information content (AvgIpc) is 2.49. The number of amides is 1. The van der Waals surface area contributed by atoms with E-state index < -0.39 is 0 Å². The lowest BCUT2D eigenvalue weighted by Crippen LogP contribution is -2.15. The highest BCUT2D eigenvalue weighted by molar-refractivity contribution is 6.34. The van der Waals surface area contributed by atoms with Gasteiger partial charge in [-0.2, -0.15) is 5.26 Å². The Bertz CT molecular complexity index is 737. The highest BCUT2D eigenvalue weighted by Gasteiger charge is 2.13. The van der Waals surface area contributed by atoms with Crippen molar-refractivity contribution < 1.29 is 4.79 Å². The molecule has 0 unspecified atom stereocenters. The third kappa shape index (κ3) is 3.30. The fraction of sp³-hybridized carbons (Fsp3) is 0.133. The molecular weight excluding hydrogens is 288 g/mol. The number of carbonyl (C=O) groups is 1. The number of aromatic nitrogens is 1. The third-order valence-electron chi connectivity index (χ3n) is 2.90. The zero-order valence-corrected chi connectivity index (χ0v) is 12.3. The summed E-state index contributed by atoms with van der Waals surface area (Å²) in [5.41, 5.74) is 2.70. The van der Waals surface area contributed by atoms with Crippen LogP contribution in [0.5, 0.6) is 0 Å². The van der Waals surface area contributed by atoms with Crippen LogP contribution in [0.15, 0.2) is 30.5 Å². The summed E-state index contributed by atoms with van der Waals surface area (Å²) in [5, 5.41) is 14.9. The minimum atomic E-state index is -0.344. The first-order valence-corrected chi connectivity index (χ1v) is 6.58. The zero-order chi connectivity index (χ0) is 15.4. The van der Waals surface area contributed by atoms with E-state index in [1.807, 2.05) is 13.0 Å². The fourth-order valence-electron chi connectivity index (χ4n) is 1.83. The maximum Gasteiger partial charge on any atom is 0.259 e. The SMILES string of the molecule is CNc1cc(C)ncc1C(=O)Nc1cc(C#N)ccc1Cl. The van der Waals surface area contributed by atoms with Crippen LogP contribution < -0.4 is 10.6 Å². The van der Waals surface area contributed by atoms with E-state index in [4.69, 9.17) is 16.9 Å². The first-order valence-electron chi connectivity index (χ1n) is 6.20. The minimum absolute atomic E-state index is 0.344. The molecule has 2 aromatic rings. The van der Waals surface area contributed by atoms with Crippen molar-refractivity contribution in [1.82, 2.24) is 4.98 Å². The van der Waals surface area contributed by atoms with Gasteiger partial charge in [0.05, 0.1) is 33.6 Å². The summed E-state index contributed by atoms with van der Waals surface area (Å²) in [6, 6.07) is 8.47. The number of aryl methyl sites for hydroxylation is 1. The first kappa shape index (κ1) is 14.8. The van der Waals surface area contributed by atoms with Crippen LogP contribution >= 0.6 is 11.6 Å². The van der Waals surface area contributed by atoms with E-state index in [1.165, 1.54) is 12.3 Å². The summed E-state index contributed by atoms with van der Waals surface area (Å²) < 4.78 is 0. The number of halogens is 1. The lowest BCUT2D eigenvalue weighted by Gasteiger charge is -2.11. The number of nitriles is 1. The van der Waals surface area contributed by atoms with E-state index in [0.717, 1.165) is 5.69 Å². The molecule has 0 radical (unpaired) electrons. The Labute approximate surface area is 127 Å². The molecule has 1 heterocycles. The van der Waals surface area contributed by atoms with Crippen LogP contribution in [0.2, 0.25) is 5.02 Å². The molecule has 21 heavy (non-hydrogen) atoms. The van der Waals surface area contributed by atoms with E-state index in [9.17, 15) is 4.79 Å². The second kappa shape index (κ2) is 6.25. The van der Waals surface area contributed by atoms with Crippen molar-refractivity contribution in [2.75, 3.05) is 17.7 Å². The van der Waals surface area contributed by atoms with Gasteiger partial charge in [0.1, 0.15) is 0 Å². The van der Waals surface area contributed by atoms with Gasteiger partial charge in [0, 0.05) is 18.9 Å². The molecule has 0 aliphatic carbocycles. The molecular formula is C15H13ClN4O. The second-order valence-corrected chi connectivity index (χ2v) is 4.79. The van der Waals surface area contributed by atoms with Crippen molar-refractivity contribution in [2.24, 2.45) is 0 Å². The van der Waals surface area contributed by atoms with E-state index in [1.54, 1.807) is 25.2 Å². The lowest BCUT2D eigenvalue weighted by molar-refractivity contribution is 0.102. The number of anilines is 2. The molecule has 0 aliphatic rings. The number of hydrogen-bond acceptors (Lipinski definition) is 4. The van der Waals surface area contributed by atoms with Gasteiger partial charge < -0.3 is 10.6 Å². The number of hydrogen-bond donors (Lipinski definition) is 2. The number of nitrogens with zero attached hydrogens (tertiary/aromatic N) is 2. The van der Waals surface area contributed by atoms with E-state index in [2.05, 4.69) is 15.6 Å². The molecule has 2 N–H and O–H groups in total. The minimum Gasteiger partial charge on any atom is -0.387 e. The van der Waals surface area contributed by atoms with Crippen LogP contribution in [0, 0.1) is 18.3 Å². The molecule has 0 saturated carbocycles. The van der Waals surface area contributed by atoms with Gasteiger partial charge in [-0.05, 0) is 31.2 Å². The van der Waals surface area contributed by atoms with Gasteiger partial charge in [0.2, 0.25) is 0 Å². The molecule has 2 rings (SSSR count). The van der Waals surface area contributed by atoms with E-state index in [0.29, 0.717) is 27.5 Å². The van der Waals surface area contributed by atoms with Gasteiger partial charge in [0.25, 0.3) is 5.91 Å². The molecule has 0 bridgehead atoms. The van der Waals surface area contributed by atoms with Crippen LogP contribution in [-0.4, -0.2) is 17.9 Å². The van der Waals surface area contributed by atoms with Crippen LogP contribution in [-0.2, 0) is 0 Å². The molecule has 6 heteroatoms. The van der Waals surface area contributed by atoms with Gasteiger partial charge in [0.15, 0.2) is 0 Å². The molecule has 0 atom stereocenters. The summed E-state index contributed by atoms with van der Waals surface area (Å²) in [6.45, 7) is 1.84. The highest BCUT2D eigenvalue weighted by atomic mass is 35.5.